The molecule has 0 saturated carbocycles. The molecule has 3 rings (SSSR count). The Bertz CT molecular complexity index is 843. The van der Waals surface area contributed by atoms with Crippen LogP contribution in [0.15, 0.2) is 42.5 Å². The average molecular weight is 365 g/mol. The molecule has 0 aliphatic carbocycles. The lowest BCUT2D eigenvalue weighted by atomic mass is 10.0. The van der Waals surface area contributed by atoms with Crippen LogP contribution in [0.3, 0.4) is 0 Å². The van der Waals surface area contributed by atoms with Gasteiger partial charge in [-0.05, 0) is 61.6 Å². The van der Waals surface area contributed by atoms with E-state index in [1.165, 1.54) is 5.56 Å². The van der Waals surface area contributed by atoms with E-state index >= 15 is 0 Å². The van der Waals surface area contributed by atoms with E-state index in [-0.39, 0.29) is 30.6 Å². The molecule has 0 radical (unpaired) electrons. The van der Waals surface area contributed by atoms with E-state index in [9.17, 15) is 9.59 Å². The zero-order chi connectivity index (χ0) is 19.4. The maximum Gasteiger partial charge on any atom is 0.223 e. The number of amides is 1. The molecule has 0 spiro atoms. The van der Waals surface area contributed by atoms with Crippen molar-refractivity contribution in [2.24, 2.45) is 0 Å². The highest BCUT2D eigenvalue weighted by molar-refractivity contribution is 5.98. The molecule has 1 amide bonds. The molecular weight excluding hydrogens is 338 g/mol. The third kappa shape index (κ3) is 4.38. The van der Waals surface area contributed by atoms with Crippen LogP contribution in [0.25, 0.3) is 0 Å². The predicted molar refractivity (Wildman–Crippen MR) is 106 cm³/mol. The lowest BCUT2D eigenvalue weighted by Gasteiger charge is -2.25. The minimum atomic E-state index is 0.0311. The highest BCUT2D eigenvalue weighted by Crippen LogP contribution is 2.34. The number of ketones is 1. The molecule has 1 heterocycles. The van der Waals surface area contributed by atoms with E-state index in [0.717, 1.165) is 36.3 Å². The Kier molecular flexibility index (Phi) is 5.94. The highest BCUT2D eigenvalue weighted by atomic mass is 16.5. The average Bonchev–Trinajstić information content (AvgIpc) is 3.18. The number of Topliss-reactive ketones (excluding diaryl/α,β-unsaturated/α-hetero) is 1. The molecule has 2 aromatic rings. The van der Waals surface area contributed by atoms with Gasteiger partial charge >= 0.3 is 0 Å². The second kappa shape index (κ2) is 8.38. The Balaban J connectivity index is 1.64. The number of likely N-dealkylation sites (tertiary alicyclic amines) is 1. The molecule has 0 bridgehead atoms. The van der Waals surface area contributed by atoms with Crippen LogP contribution in [0.5, 0.6) is 5.75 Å². The lowest BCUT2D eigenvalue weighted by molar-refractivity contribution is -0.132. The van der Waals surface area contributed by atoms with Gasteiger partial charge in [-0.15, -0.1) is 0 Å². The van der Waals surface area contributed by atoms with Crippen LogP contribution in [0.2, 0.25) is 0 Å². The number of carbonyl (C=O) groups excluding carboxylic acids is 2. The van der Waals surface area contributed by atoms with Gasteiger partial charge in [0.1, 0.15) is 5.75 Å². The maximum absolute atomic E-state index is 12.8. The molecule has 27 heavy (non-hydrogen) atoms. The monoisotopic (exact) mass is 365 g/mol. The third-order valence-electron chi connectivity index (χ3n) is 5.45. The fourth-order valence-electron chi connectivity index (χ4n) is 3.68. The maximum atomic E-state index is 12.8. The fourth-order valence-corrected chi connectivity index (χ4v) is 3.68. The smallest absolute Gasteiger partial charge is 0.223 e. The predicted octanol–water partition coefficient (Wildman–Crippen LogP) is 4.64. The first-order chi connectivity index (χ1) is 13.0. The first kappa shape index (κ1) is 19.2. The summed E-state index contributed by atoms with van der Waals surface area (Å²) in [5.74, 6) is 0.887. The molecule has 4 nitrogen and oxygen atoms in total. The van der Waals surface area contributed by atoms with Gasteiger partial charge in [-0.1, -0.05) is 24.3 Å². The van der Waals surface area contributed by atoms with Crippen LogP contribution in [0.1, 0.15) is 58.8 Å². The molecule has 1 atom stereocenters. The van der Waals surface area contributed by atoms with E-state index in [4.69, 9.17) is 4.74 Å². The molecule has 2 aromatic carbocycles. The standard InChI is InChI=1S/C23H27NO3/c1-16-9-10-19(14-17(16)2)22(25)11-12-23(26)24-13-5-8-21(24)18-6-4-7-20(15-18)27-3/h4,6-7,9-10,14-15,21H,5,8,11-13H2,1-3H3. The van der Waals surface area contributed by atoms with Gasteiger partial charge < -0.3 is 9.64 Å². The molecule has 1 aliphatic rings. The Hall–Kier alpha value is -2.62. The minimum Gasteiger partial charge on any atom is -0.497 e. The van der Waals surface area contributed by atoms with E-state index in [2.05, 4.69) is 0 Å². The molecule has 142 valence electrons. The van der Waals surface area contributed by atoms with Gasteiger partial charge in [0.2, 0.25) is 5.91 Å². The van der Waals surface area contributed by atoms with Crippen molar-refractivity contribution in [1.29, 1.82) is 0 Å². The quantitative estimate of drug-likeness (QED) is 0.701. The van der Waals surface area contributed by atoms with Gasteiger partial charge in [0, 0.05) is 24.9 Å². The first-order valence-electron chi connectivity index (χ1n) is 9.53. The summed E-state index contributed by atoms with van der Waals surface area (Å²) in [5, 5.41) is 0. The van der Waals surface area contributed by atoms with Crippen LogP contribution in [0, 0.1) is 13.8 Å². The number of hydrogen-bond acceptors (Lipinski definition) is 3. The Morgan fingerprint density at radius 2 is 1.89 bits per heavy atom. The van der Waals surface area contributed by atoms with Gasteiger partial charge in [-0.2, -0.15) is 0 Å². The molecule has 0 N–H and O–H groups in total. The van der Waals surface area contributed by atoms with Crippen molar-refractivity contribution >= 4 is 11.7 Å². The SMILES string of the molecule is COc1cccc(C2CCCN2C(=O)CCC(=O)c2ccc(C)c(C)c2)c1. The number of nitrogens with zero attached hydrogens (tertiary/aromatic N) is 1. The molecule has 1 unspecified atom stereocenters. The molecule has 1 fully saturated rings. The molecule has 4 heteroatoms. The van der Waals surface area contributed by atoms with E-state index < -0.39 is 0 Å². The molecule has 1 aliphatic heterocycles. The van der Waals surface area contributed by atoms with Crippen LogP contribution >= 0.6 is 0 Å². The summed E-state index contributed by atoms with van der Waals surface area (Å²) in [5.41, 5.74) is 4.06. The van der Waals surface area contributed by atoms with Crippen molar-refractivity contribution in [1.82, 2.24) is 4.90 Å². The number of benzene rings is 2. The molecular formula is C23H27NO3. The van der Waals surface area contributed by atoms with E-state index in [1.807, 2.05) is 61.2 Å². The topological polar surface area (TPSA) is 46.6 Å². The summed E-state index contributed by atoms with van der Waals surface area (Å²) in [6, 6.07) is 13.7. The zero-order valence-corrected chi connectivity index (χ0v) is 16.3. The van der Waals surface area contributed by atoms with Crippen LogP contribution < -0.4 is 4.74 Å². The third-order valence-corrected chi connectivity index (χ3v) is 5.45. The van der Waals surface area contributed by atoms with Gasteiger partial charge in [-0.25, -0.2) is 0 Å². The number of aryl methyl sites for hydroxylation is 2. The largest absolute Gasteiger partial charge is 0.497 e. The number of carbonyl (C=O) groups is 2. The van der Waals surface area contributed by atoms with Crippen LogP contribution in [-0.2, 0) is 4.79 Å². The summed E-state index contributed by atoms with van der Waals surface area (Å²) in [6.45, 7) is 4.78. The van der Waals surface area contributed by atoms with E-state index in [0.29, 0.717) is 5.56 Å². The highest BCUT2D eigenvalue weighted by Gasteiger charge is 2.30. The van der Waals surface area contributed by atoms with Crippen molar-refractivity contribution in [3.05, 3.63) is 64.7 Å². The van der Waals surface area contributed by atoms with Crippen molar-refractivity contribution in [3.8, 4) is 5.75 Å². The Morgan fingerprint density at radius 1 is 1.07 bits per heavy atom. The normalized spacial score (nSPS) is 16.4. The number of rotatable bonds is 6. The summed E-state index contributed by atoms with van der Waals surface area (Å²) >= 11 is 0. The van der Waals surface area contributed by atoms with E-state index in [1.54, 1.807) is 7.11 Å². The Labute approximate surface area is 161 Å². The number of hydrogen-bond donors (Lipinski definition) is 0. The van der Waals surface area contributed by atoms with Gasteiger partial charge in [-0.3, -0.25) is 9.59 Å². The minimum absolute atomic E-state index is 0.0311. The Morgan fingerprint density at radius 3 is 2.63 bits per heavy atom. The second-order valence-corrected chi connectivity index (χ2v) is 7.24. The summed E-state index contributed by atoms with van der Waals surface area (Å²) < 4.78 is 5.31. The second-order valence-electron chi connectivity index (χ2n) is 7.24. The lowest BCUT2D eigenvalue weighted by Crippen LogP contribution is -2.30. The van der Waals surface area contributed by atoms with Crippen LogP contribution in [-0.4, -0.2) is 30.2 Å². The summed E-state index contributed by atoms with van der Waals surface area (Å²) in [6.07, 6.45) is 2.44. The van der Waals surface area contributed by atoms with Crippen molar-refractivity contribution in [3.63, 3.8) is 0 Å². The van der Waals surface area contributed by atoms with Crippen molar-refractivity contribution in [2.45, 2.75) is 45.6 Å². The first-order valence-corrected chi connectivity index (χ1v) is 9.53. The van der Waals surface area contributed by atoms with Crippen molar-refractivity contribution < 1.29 is 14.3 Å². The van der Waals surface area contributed by atoms with Crippen LogP contribution in [0.4, 0.5) is 0 Å². The van der Waals surface area contributed by atoms with Gasteiger partial charge in [0.25, 0.3) is 0 Å². The zero-order valence-electron chi connectivity index (χ0n) is 16.3. The summed E-state index contributed by atoms with van der Waals surface area (Å²) in [4.78, 5) is 27.2. The fraction of sp³-hybridized carbons (Fsp3) is 0.391. The molecule has 1 saturated heterocycles. The molecule has 0 aromatic heterocycles. The van der Waals surface area contributed by atoms with Gasteiger partial charge in [0.05, 0.1) is 13.2 Å². The number of methoxy groups -OCH3 is 1. The van der Waals surface area contributed by atoms with Gasteiger partial charge in [0.15, 0.2) is 5.78 Å². The van der Waals surface area contributed by atoms with Crippen molar-refractivity contribution in [2.75, 3.05) is 13.7 Å². The summed E-state index contributed by atoms with van der Waals surface area (Å²) in [7, 11) is 1.65. The number of ether oxygens (including phenoxy) is 1.